The van der Waals surface area contributed by atoms with Gasteiger partial charge in [0.15, 0.2) is 0 Å². The maximum Gasteiger partial charge on any atom is 0.373 e. The van der Waals surface area contributed by atoms with Crippen LogP contribution < -0.4 is 0 Å². The lowest BCUT2D eigenvalue weighted by molar-refractivity contribution is -0.299. The van der Waals surface area contributed by atoms with Crippen LogP contribution in [0.3, 0.4) is 0 Å². The molecule has 3 nitrogen and oxygen atoms in total. The van der Waals surface area contributed by atoms with Gasteiger partial charge < -0.3 is 0 Å². The molecule has 0 aromatic heterocycles. The van der Waals surface area contributed by atoms with Crippen molar-refractivity contribution in [2.45, 2.75) is 39.2 Å². The summed E-state index contributed by atoms with van der Waals surface area (Å²) in [5, 5.41) is 0. The van der Waals surface area contributed by atoms with Crippen molar-refractivity contribution in [3.8, 4) is 0 Å². The number of hydrogen-bond acceptors (Lipinski definition) is 3. The molecule has 3 heteroatoms. The first-order chi connectivity index (χ1) is 8.68. The standard InChI is InChI=1S/C15H20O3/c1-11-7-6-8-12(2)14(11)17-18-15(16)13-9-4-3-5-10-13/h3-5,9-12,14H,6-8H2,1-2H3. The molecular formula is C15H20O3. The van der Waals surface area contributed by atoms with Crippen LogP contribution in [0.15, 0.2) is 30.3 Å². The Hall–Kier alpha value is -1.35. The van der Waals surface area contributed by atoms with Gasteiger partial charge in [-0.05, 0) is 36.8 Å². The van der Waals surface area contributed by atoms with Gasteiger partial charge in [0.25, 0.3) is 0 Å². The van der Waals surface area contributed by atoms with Crippen LogP contribution in [0.25, 0.3) is 0 Å². The molecule has 2 rings (SSSR count). The van der Waals surface area contributed by atoms with E-state index < -0.39 is 5.97 Å². The van der Waals surface area contributed by atoms with Crippen molar-refractivity contribution in [2.24, 2.45) is 11.8 Å². The molecule has 0 radical (unpaired) electrons. The van der Waals surface area contributed by atoms with E-state index in [0.29, 0.717) is 17.4 Å². The third-order valence-corrected chi connectivity index (χ3v) is 3.69. The van der Waals surface area contributed by atoms with Crippen molar-refractivity contribution in [1.29, 1.82) is 0 Å². The molecule has 1 saturated carbocycles. The summed E-state index contributed by atoms with van der Waals surface area (Å²) < 4.78 is 0. The highest BCUT2D eigenvalue weighted by atomic mass is 17.2. The molecule has 0 N–H and O–H groups in total. The van der Waals surface area contributed by atoms with E-state index in [1.54, 1.807) is 12.1 Å². The van der Waals surface area contributed by atoms with E-state index >= 15 is 0 Å². The summed E-state index contributed by atoms with van der Waals surface area (Å²) >= 11 is 0. The van der Waals surface area contributed by atoms with E-state index in [-0.39, 0.29) is 6.10 Å². The van der Waals surface area contributed by atoms with Crippen molar-refractivity contribution >= 4 is 5.97 Å². The second kappa shape index (κ2) is 6.01. The summed E-state index contributed by atoms with van der Waals surface area (Å²) in [6.45, 7) is 4.30. The zero-order valence-corrected chi connectivity index (χ0v) is 11.0. The predicted molar refractivity (Wildman–Crippen MR) is 68.9 cm³/mol. The molecule has 98 valence electrons. The third kappa shape index (κ3) is 3.10. The van der Waals surface area contributed by atoms with Crippen molar-refractivity contribution in [2.75, 3.05) is 0 Å². The topological polar surface area (TPSA) is 35.5 Å². The Morgan fingerprint density at radius 2 is 1.72 bits per heavy atom. The molecule has 1 aliphatic carbocycles. The van der Waals surface area contributed by atoms with Gasteiger partial charge in [-0.2, -0.15) is 4.89 Å². The highest BCUT2D eigenvalue weighted by Gasteiger charge is 2.30. The van der Waals surface area contributed by atoms with E-state index in [0.717, 1.165) is 12.8 Å². The average Bonchev–Trinajstić information content (AvgIpc) is 2.39. The molecule has 1 aromatic carbocycles. The van der Waals surface area contributed by atoms with Crippen LogP contribution in [0.4, 0.5) is 0 Å². The van der Waals surface area contributed by atoms with Gasteiger partial charge in [0, 0.05) is 0 Å². The summed E-state index contributed by atoms with van der Waals surface area (Å²) in [5.41, 5.74) is 0.522. The van der Waals surface area contributed by atoms with Gasteiger partial charge in [0.05, 0.1) is 5.56 Å². The highest BCUT2D eigenvalue weighted by molar-refractivity contribution is 5.88. The Kier molecular flexibility index (Phi) is 4.37. The Bertz CT molecular complexity index is 378. The number of benzene rings is 1. The van der Waals surface area contributed by atoms with Crippen molar-refractivity contribution in [3.05, 3.63) is 35.9 Å². The highest BCUT2D eigenvalue weighted by Crippen LogP contribution is 2.31. The maximum absolute atomic E-state index is 11.8. The zero-order valence-electron chi connectivity index (χ0n) is 11.0. The van der Waals surface area contributed by atoms with Crippen LogP contribution in [0.2, 0.25) is 0 Å². The first-order valence-electron chi connectivity index (χ1n) is 6.61. The summed E-state index contributed by atoms with van der Waals surface area (Å²) in [5.74, 6) is 0.468. The SMILES string of the molecule is CC1CCCC(C)C1OOC(=O)c1ccccc1. The largest absolute Gasteiger partial charge is 0.373 e. The molecule has 2 unspecified atom stereocenters. The van der Waals surface area contributed by atoms with E-state index in [4.69, 9.17) is 9.78 Å². The van der Waals surface area contributed by atoms with Crippen LogP contribution in [0.1, 0.15) is 43.5 Å². The molecule has 0 saturated heterocycles. The summed E-state index contributed by atoms with van der Waals surface area (Å²) in [6, 6.07) is 8.92. The van der Waals surface area contributed by atoms with Gasteiger partial charge in [-0.3, -0.25) is 4.89 Å². The normalized spacial score (nSPS) is 27.8. The average molecular weight is 248 g/mol. The van der Waals surface area contributed by atoms with Gasteiger partial charge >= 0.3 is 5.97 Å². The quantitative estimate of drug-likeness (QED) is 0.605. The maximum atomic E-state index is 11.8. The fourth-order valence-corrected chi connectivity index (χ4v) is 2.56. The van der Waals surface area contributed by atoms with Gasteiger partial charge in [-0.1, -0.05) is 38.5 Å². The lowest BCUT2D eigenvalue weighted by Crippen LogP contribution is -2.33. The third-order valence-electron chi connectivity index (χ3n) is 3.69. The molecule has 1 fully saturated rings. The molecule has 0 amide bonds. The van der Waals surface area contributed by atoms with Gasteiger partial charge in [-0.25, -0.2) is 4.79 Å². The molecule has 1 aliphatic rings. The minimum absolute atomic E-state index is 0.0198. The summed E-state index contributed by atoms with van der Waals surface area (Å²) in [4.78, 5) is 22.1. The predicted octanol–water partition coefficient (Wildman–Crippen LogP) is 3.60. The Balaban J connectivity index is 1.89. The molecule has 0 aliphatic heterocycles. The number of hydrogen-bond donors (Lipinski definition) is 0. The molecule has 2 atom stereocenters. The van der Waals surface area contributed by atoms with Crippen molar-refractivity contribution in [1.82, 2.24) is 0 Å². The Labute approximate surface area is 108 Å². The Morgan fingerprint density at radius 3 is 2.33 bits per heavy atom. The number of carbonyl (C=O) groups excluding carboxylic acids is 1. The van der Waals surface area contributed by atoms with Crippen molar-refractivity contribution in [3.63, 3.8) is 0 Å². The van der Waals surface area contributed by atoms with E-state index in [1.165, 1.54) is 6.42 Å². The van der Waals surface area contributed by atoms with Gasteiger partial charge in [0.2, 0.25) is 0 Å². The smallest absolute Gasteiger partial charge is 0.293 e. The Morgan fingerprint density at radius 1 is 1.11 bits per heavy atom. The fourth-order valence-electron chi connectivity index (χ4n) is 2.56. The second-order valence-corrected chi connectivity index (χ2v) is 5.18. The van der Waals surface area contributed by atoms with Crippen LogP contribution in [0, 0.1) is 11.8 Å². The van der Waals surface area contributed by atoms with Crippen LogP contribution >= 0.6 is 0 Å². The first kappa shape index (κ1) is 13.1. The molecule has 18 heavy (non-hydrogen) atoms. The lowest BCUT2D eigenvalue weighted by atomic mass is 9.81. The van der Waals surface area contributed by atoms with Crippen LogP contribution in [0.5, 0.6) is 0 Å². The summed E-state index contributed by atoms with van der Waals surface area (Å²) in [7, 11) is 0. The minimum Gasteiger partial charge on any atom is -0.293 e. The molecule has 0 heterocycles. The van der Waals surface area contributed by atoms with E-state index in [9.17, 15) is 4.79 Å². The number of carbonyl (C=O) groups is 1. The second-order valence-electron chi connectivity index (χ2n) is 5.18. The van der Waals surface area contributed by atoms with Crippen molar-refractivity contribution < 1.29 is 14.6 Å². The molecule has 1 aromatic rings. The number of rotatable bonds is 3. The van der Waals surface area contributed by atoms with Gasteiger partial charge in [0.1, 0.15) is 6.10 Å². The van der Waals surface area contributed by atoms with Crippen LogP contribution in [-0.4, -0.2) is 12.1 Å². The lowest BCUT2D eigenvalue weighted by Gasteiger charge is -2.32. The molecule has 0 bridgehead atoms. The van der Waals surface area contributed by atoms with Gasteiger partial charge in [-0.15, -0.1) is 0 Å². The molecular weight excluding hydrogens is 228 g/mol. The van der Waals surface area contributed by atoms with E-state index in [2.05, 4.69) is 13.8 Å². The fraction of sp³-hybridized carbons (Fsp3) is 0.533. The monoisotopic (exact) mass is 248 g/mol. The minimum atomic E-state index is -0.416. The zero-order chi connectivity index (χ0) is 13.0. The summed E-state index contributed by atoms with van der Waals surface area (Å²) in [6.07, 6.45) is 3.52. The van der Waals surface area contributed by atoms with E-state index in [1.807, 2.05) is 18.2 Å². The van der Waals surface area contributed by atoms with Crippen LogP contribution in [-0.2, 0) is 9.78 Å². The first-order valence-corrected chi connectivity index (χ1v) is 6.61. The molecule has 0 spiro atoms.